The number of hydrogen-bond acceptors (Lipinski definition) is 5. The van der Waals surface area contributed by atoms with E-state index >= 15 is 0 Å². The van der Waals surface area contributed by atoms with Gasteiger partial charge in [0.15, 0.2) is 5.82 Å². The van der Waals surface area contributed by atoms with Crippen LogP contribution in [0.3, 0.4) is 0 Å². The number of rotatable bonds is 7. The Bertz CT molecular complexity index is 1250. The van der Waals surface area contributed by atoms with Crippen molar-refractivity contribution in [2.75, 3.05) is 11.9 Å². The standard InChI is InChI=1S/C26H26N4O5/c1-30-21(25(32)33)13-22(29-30)27-24(31)23(15-7-6-8-15)28-26(34)35-14-20-18-11-4-2-9-16(18)17-10-3-5-12-19(17)20/h2-5,9-13,15,20,23H,6-8,14H2,1H3,(H,28,34)(H,32,33)(H,27,29,31). The van der Waals surface area contributed by atoms with Crippen LogP contribution in [0.5, 0.6) is 0 Å². The molecule has 0 radical (unpaired) electrons. The number of aryl methyl sites for hydroxylation is 1. The third-order valence-electron chi connectivity index (χ3n) is 6.87. The number of hydrogen-bond donors (Lipinski definition) is 3. The molecule has 3 N–H and O–H groups in total. The predicted molar refractivity (Wildman–Crippen MR) is 128 cm³/mol. The van der Waals surface area contributed by atoms with Gasteiger partial charge in [-0.3, -0.25) is 9.48 Å². The number of carboxylic acids is 1. The summed E-state index contributed by atoms with van der Waals surface area (Å²) >= 11 is 0. The number of alkyl carbamates (subject to hydrolysis) is 1. The largest absolute Gasteiger partial charge is 0.477 e. The molecule has 9 nitrogen and oxygen atoms in total. The SMILES string of the molecule is Cn1nc(NC(=O)C(NC(=O)OCC2c3ccccc3-c3ccccc32)C2CCC2)cc1C(=O)O. The Balaban J connectivity index is 1.26. The summed E-state index contributed by atoms with van der Waals surface area (Å²) in [5.41, 5.74) is 4.45. The van der Waals surface area contributed by atoms with Gasteiger partial charge in [-0.15, -0.1) is 0 Å². The lowest BCUT2D eigenvalue weighted by molar-refractivity contribution is -0.120. The highest BCUT2D eigenvalue weighted by atomic mass is 16.5. The third-order valence-corrected chi connectivity index (χ3v) is 6.87. The van der Waals surface area contributed by atoms with Crippen molar-refractivity contribution in [2.45, 2.75) is 31.2 Å². The van der Waals surface area contributed by atoms with Crippen LogP contribution in [0.2, 0.25) is 0 Å². The molecular formula is C26H26N4O5. The molecular weight excluding hydrogens is 448 g/mol. The Morgan fingerprint density at radius 1 is 1.09 bits per heavy atom. The minimum atomic E-state index is -1.15. The van der Waals surface area contributed by atoms with Gasteiger partial charge in [0.05, 0.1) is 0 Å². The molecule has 180 valence electrons. The molecule has 1 unspecified atom stereocenters. The molecule has 2 aliphatic rings. The number of carbonyl (C=O) groups is 3. The van der Waals surface area contributed by atoms with Gasteiger partial charge in [0, 0.05) is 19.0 Å². The molecule has 0 aliphatic heterocycles. The van der Waals surface area contributed by atoms with E-state index in [4.69, 9.17) is 4.74 Å². The normalized spacial score (nSPS) is 15.5. The molecule has 5 rings (SSSR count). The van der Waals surface area contributed by atoms with Gasteiger partial charge in [0.25, 0.3) is 0 Å². The molecule has 1 saturated carbocycles. The molecule has 0 spiro atoms. The van der Waals surface area contributed by atoms with Crippen LogP contribution in [-0.2, 0) is 16.6 Å². The van der Waals surface area contributed by atoms with E-state index in [2.05, 4.69) is 27.9 Å². The first kappa shape index (κ1) is 22.6. The topological polar surface area (TPSA) is 123 Å². The van der Waals surface area contributed by atoms with Gasteiger partial charge in [0.2, 0.25) is 5.91 Å². The fraction of sp³-hybridized carbons (Fsp3) is 0.308. The van der Waals surface area contributed by atoms with E-state index in [-0.39, 0.29) is 30.0 Å². The summed E-state index contributed by atoms with van der Waals surface area (Å²) in [6, 6.07) is 16.7. The zero-order valence-electron chi connectivity index (χ0n) is 19.2. The molecule has 3 aromatic rings. The van der Waals surface area contributed by atoms with E-state index < -0.39 is 24.0 Å². The number of aromatic carboxylic acids is 1. The third kappa shape index (κ3) is 4.37. The van der Waals surface area contributed by atoms with E-state index in [9.17, 15) is 19.5 Å². The molecule has 0 bridgehead atoms. The zero-order chi connectivity index (χ0) is 24.5. The maximum absolute atomic E-state index is 13.0. The number of benzene rings is 2. The lowest BCUT2D eigenvalue weighted by Gasteiger charge is -2.32. The number of nitrogens with zero attached hydrogens (tertiary/aromatic N) is 2. The van der Waals surface area contributed by atoms with Gasteiger partial charge in [-0.25, -0.2) is 9.59 Å². The van der Waals surface area contributed by atoms with Crippen molar-refractivity contribution < 1.29 is 24.2 Å². The van der Waals surface area contributed by atoms with Crippen LogP contribution < -0.4 is 10.6 Å². The highest BCUT2D eigenvalue weighted by molar-refractivity contribution is 5.97. The fourth-order valence-corrected chi connectivity index (χ4v) is 4.87. The molecule has 1 aromatic heterocycles. The summed E-state index contributed by atoms with van der Waals surface area (Å²) in [6.07, 6.45) is 1.94. The number of nitrogens with one attached hydrogen (secondary N) is 2. The maximum Gasteiger partial charge on any atom is 0.407 e. The van der Waals surface area contributed by atoms with Gasteiger partial charge in [-0.1, -0.05) is 55.0 Å². The first-order valence-electron chi connectivity index (χ1n) is 11.6. The predicted octanol–water partition coefficient (Wildman–Crippen LogP) is 3.76. The van der Waals surface area contributed by atoms with E-state index in [1.165, 1.54) is 17.8 Å². The zero-order valence-corrected chi connectivity index (χ0v) is 19.2. The maximum atomic E-state index is 13.0. The molecule has 0 saturated heterocycles. The van der Waals surface area contributed by atoms with Crippen LogP contribution in [0.25, 0.3) is 11.1 Å². The second-order valence-corrected chi connectivity index (χ2v) is 8.97. The van der Waals surface area contributed by atoms with E-state index in [0.29, 0.717) is 0 Å². The van der Waals surface area contributed by atoms with Crippen molar-refractivity contribution in [3.63, 3.8) is 0 Å². The molecule has 2 aliphatic carbocycles. The number of aromatic nitrogens is 2. The molecule has 9 heteroatoms. The first-order chi connectivity index (χ1) is 16.9. The Labute approximate surface area is 202 Å². The Kier molecular flexibility index (Phi) is 5.98. The highest BCUT2D eigenvalue weighted by Crippen LogP contribution is 2.44. The summed E-state index contributed by atoms with van der Waals surface area (Å²) in [5.74, 6) is -1.56. The first-order valence-corrected chi connectivity index (χ1v) is 11.6. The van der Waals surface area contributed by atoms with Crippen molar-refractivity contribution in [3.8, 4) is 11.1 Å². The molecule has 1 fully saturated rings. The average Bonchev–Trinajstić information content (AvgIpc) is 3.33. The number of carbonyl (C=O) groups excluding carboxylic acids is 2. The van der Waals surface area contributed by atoms with Crippen molar-refractivity contribution >= 4 is 23.8 Å². The van der Waals surface area contributed by atoms with Gasteiger partial charge >= 0.3 is 12.1 Å². The van der Waals surface area contributed by atoms with Gasteiger partial charge < -0.3 is 20.5 Å². The fourth-order valence-electron chi connectivity index (χ4n) is 4.87. The molecule has 1 atom stereocenters. The second-order valence-electron chi connectivity index (χ2n) is 8.97. The highest BCUT2D eigenvalue weighted by Gasteiger charge is 2.35. The summed E-state index contributed by atoms with van der Waals surface area (Å²) in [7, 11) is 1.48. The van der Waals surface area contributed by atoms with E-state index in [1.807, 2.05) is 36.4 Å². The minimum absolute atomic E-state index is 0.0156. The van der Waals surface area contributed by atoms with Crippen molar-refractivity contribution in [3.05, 3.63) is 71.4 Å². The van der Waals surface area contributed by atoms with Gasteiger partial charge in [-0.2, -0.15) is 5.10 Å². The van der Waals surface area contributed by atoms with Crippen molar-refractivity contribution in [1.82, 2.24) is 15.1 Å². The number of ether oxygens (including phenoxy) is 1. The number of amides is 2. The Hall–Kier alpha value is -4.14. The lowest BCUT2D eigenvalue weighted by Crippen LogP contribution is -2.50. The molecule has 35 heavy (non-hydrogen) atoms. The summed E-state index contributed by atoms with van der Waals surface area (Å²) in [6.45, 7) is 0.154. The molecule has 2 aromatic carbocycles. The minimum Gasteiger partial charge on any atom is -0.477 e. The number of anilines is 1. The number of carboxylic acid groups (broad SMARTS) is 1. The Morgan fingerprint density at radius 2 is 1.71 bits per heavy atom. The number of fused-ring (bicyclic) bond motifs is 3. The van der Waals surface area contributed by atoms with Crippen LogP contribution >= 0.6 is 0 Å². The second kappa shape index (κ2) is 9.25. The smallest absolute Gasteiger partial charge is 0.407 e. The summed E-state index contributed by atoms with van der Waals surface area (Å²) in [5, 5.41) is 18.6. The van der Waals surface area contributed by atoms with Crippen LogP contribution in [0.1, 0.15) is 46.8 Å². The van der Waals surface area contributed by atoms with E-state index in [0.717, 1.165) is 41.5 Å². The van der Waals surface area contributed by atoms with Crippen molar-refractivity contribution in [1.29, 1.82) is 0 Å². The van der Waals surface area contributed by atoms with Crippen LogP contribution in [-0.4, -0.2) is 45.5 Å². The van der Waals surface area contributed by atoms with E-state index in [1.54, 1.807) is 0 Å². The monoisotopic (exact) mass is 474 g/mol. The lowest BCUT2D eigenvalue weighted by atomic mass is 9.79. The quantitative estimate of drug-likeness (QED) is 0.479. The van der Waals surface area contributed by atoms with Gasteiger partial charge in [-0.05, 0) is 41.0 Å². The summed E-state index contributed by atoms with van der Waals surface area (Å²) in [4.78, 5) is 37.0. The average molecular weight is 475 g/mol. The molecule has 1 heterocycles. The van der Waals surface area contributed by atoms with Crippen LogP contribution in [0.15, 0.2) is 54.6 Å². The summed E-state index contributed by atoms with van der Waals surface area (Å²) < 4.78 is 6.79. The van der Waals surface area contributed by atoms with Crippen LogP contribution in [0, 0.1) is 5.92 Å². The van der Waals surface area contributed by atoms with Gasteiger partial charge in [0.1, 0.15) is 18.3 Å². The van der Waals surface area contributed by atoms with Crippen molar-refractivity contribution in [2.24, 2.45) is 13.0 Å². The Morgan fingerprint density at radius 3 is 2.26 bits per heavy atom. The molecule has 2 amide bonds. The van der Waals surface area contributed by atoms with Crippen LogP contribution in [0.4, 0.5) is 10.6 Å².